The quantitative estimate of drug-likeness (QED) is 0.745. The molecule has 1 heterocycles. The summed E-state index contributed by atoms with van der Waals surface area (Å²) in [5.41, 5.74) is 0.340. The van der Waals surface area contributed by atoms with Gasteiger partial charge in [0, 0.05) is 32.6 Å². The Kier molecular flexibility index (Phi) is 6.58. The van der Waals surface area contributed by atoms with E-state index in [1.165, 1.54) is 10.7 Å². The molecule has 6 heteroatoms. The third kappa shape index (κ3) is 5.43. The third-order valence-electron chi connectivity index (χ3n) is 6.08. The lowest BCUT2D eigenvalue weighted by Gasteiger charge is -2.40. The monoisotopic (exact) mass is 372 g/mol. The molecular weight excluding hydrogens is 336 g/mol. The van der Waals surface area contributed by atoms with E-state index in [1.54, 1.807) is 14.0 Å². The number of carbonyl (C=O) groups excluding carboxylic acids is 1. The van der Waals surface area contributed by atoms with E-state index in [2.05, 4.69) is 20.8 Å². The average molecular weight is 373 g/mol. The third-order valence-corrected chi connectivity index (χ3v) is 7.98. The van der Waals surface area contributed by atoms with Crippen LogP contribution in [0.1, 0.15) is 66.2 Å². The second-order valence-electron chi connectivity index (χ2n) is 9.01. The van der Waals surface area contributed by atoms with Gasteiger partial charge < -0.3 is 4.90 Å². The predicted molar refractivity (Wildman–Crippen MR) is 102 cm³/mol. The second kappa shape index (κ2) is 7.95. The van der Waals surface area contributed by atoms with Gasteiger partial charge in [0.15, 0.2) is 0 Å². The molecule has 0 N–H and O–H groups in total. The maximum absolute atomic E-state index is 12.7. The molecule has 0 aromatic carbocycles. The minimum absolute atomic E-state index is 0.0302. The topological polar surface area (TPSA) is 57.7 Å². The normalized spacial score (nSPS) is 28.3. The Morgan fingerprint density at radius 1 is 1.20 bits per heavy atom. The molecule has 0 bridgehead atoms. The largest absolute Gasteiger partial charge is 0.343 e. The number of carbonyl (C=O) groups is 1. The van der Waals surface area contributed by atoms with Crippen LogP contribution < -0.4 is 0 Å². The number of likely N-dealkylation sites (tertiary alicyclic amines) is 1. The van der Waals surface area contributed by atoms with Crippen LogP contribution in [-0.4, -0.2) is 55.5 Å². The molecule has 1 aliphatic carbocycles. The number of sulfonamides is 1. The van der Waals surface area contributed by atoms with Crippen molar-refractivity contribution >= 4 is 15.9 Å². The van der Waals surface area contributed by atoms with Gasteiger partial charge in [-0.1, -0.05) is 20.8 Å². The van der Waals surface area contributed by atoms with E-state index in [0.29, 0.717) is 36.8 Å². The minimum atomic E-state index is -3.15. The van der Waals surface area contributed by atoms with Crippen LogP contribution in [0, 0.1) is 17.3 Å². The fraction of sp³-hybridized carbons (Fsp3) is 0.947. The first-order valence-corrected chi connectivity index (χ1v) is 11.4. The Balaban J connectivity index is 1.85. The van der Waals surface area contributed by atoms with Crippen LogP contribution in [0.3, 0.4) is 0 Å². The molecule has 2 unspecified atom stereocenters. The van der Waals surface area contributed by atoms with Gasteiger partial charge in [0.1, 0.15) is 0 Å². The molecule has 1 amide bonds. The summed E-state index contributed by atoms with van der Waals surface area (Å²) in [6.45, 7) is 9.97. The predicted octanol–water partition coefficient (Wildman–Crippen LogP) is 3.11. The van der Waals surface area contributed by atoms with Crippen molar-refractivity contribution in [1.82, 2.24) is 9.21 Å². The van der Waals surface area contributed by atoms with Gasteiger partial charge in [-0.05, 0) is 56.3 Å². The van der Waals surface area contributed by atoms with E-state index in [4.69, 9.17) is 0 Å². The van der Waals surface area contributed by atoms with E-state index in [9.17, 15) is 13.2 Å². The summed E-state index contributed by atoms with van der Waals surface area (Å²) in [7, 11) is -1.47. The molecule has 0 aromatic heterocycles. The van der Waals surface area contributed by atoms with Crippen LogP contribution >= 0.6 is 0 Å². The van der Waals surface area contributed by atoms with Gasteiger partial charge in [-0.3, -0.25) is 4.79 Å². The second-order valence-corrected chi connectivity index (χ2v) is 11.3. The first-order valence-electron chi connectivity index (χ1n) is 9.77. The van der Waals surface area contributed by atoms with Gasteiger partial charge in [0.25, 0.3) is 0 Å². The SMILES string of the molecule is CCS(=O)(=O)N(C)C1CCN(C(=O)CC2CC(C)CC(C)(C)C2)CC1. The van der Waals surface area contributed by atoms with E-state index in [-0.39, 0.29) is 17.7 Å². The Morgan fingerprint density at radius 2 is 1.80 bits per heavy atom. The molecule has 1 saturated heterocycles. The van der Waals surface area contributed by atoms with Crippen LogP contribution in [0.25, 0.3) is 0 Å². The van der Waals surface area contributed by atoms with Gasteiger partial charge in [-0.2, -0.15) is 0 Å². The van der Waals surface area contributed by atoms with E-state index in [1.807, 2.05) is 4.90 Å². The van der Waals surface area contributed by atoms with E-state index >= 15 is 0 Å². The summed E-state index contributed by atoms with van der Waals surface area (Å²) < 4.78 is 25.5. The zero-order valence-corrected chi connectivity index (χ0v) is 17.4. The Labute approximate surface area is 154 Å². The molecule has 2 fully saturated rings. The number of hydrogen-bond donors (Lipinski definition) is 0. The van der Waals surface area contributed by atoms with E-state index in [0.717, 1.165) is 25.7 Å². The lowest BCUT2D eigenvalue weighted by Crippen LogP contribution is -2.48. The summed E-state index contributed by atoms with van der Waals surface area (Å²) in [5, 5.41) is 0. The van der Waals surface area contributed by atoms with Crippen molar-refractivity contribution in [2.75, 3.05) is 25.9 Å². The van der Waals surface area contributed by atoms with Gasteiger partial charge >= 0.3 is 0 Å². The smallest absolute Gasteiger partial charge is 0.222 e. The molecule has 146 valence electrons. The zero-order chi connectivity index (χ0) is 18.8. The maximum atomic E-state index is 12.7. The Hall–Kier alpha value is -0.620. The maximum Gasteiger partial charge on any atom is 0.222 e. The van der Waals surface area contributed by atoms with Crippen LogP contribution in [0.5, 0.6) is 0 Å². The number of rotatable bonds is 5. The highest BCUT2D eigenvalue weighted by molar-refractivity contribution is 7.89. The highest BCUT2D eigenvalue weighted by Crippen LogP contribution is 2.43. The van der Waals surface area contributed by atoms with Gasteiger partial charge in [0.2, 0.25) is 15.9 Å². The number of piperidine rings is 1. The molecule has 1 saturated carbocycles. The molecule has 0 spiro atoms. The first kappa shape index (κ1) is 20.7. The van der Waals surface area contributed by atoms with Crippen molar-refractivity contribution in [3.8, 4) is 0 Å². The first-order chi connectivity index (χ1) is 11.5. The fourth-order valence-corrected chi connectivity index (χ4v) is 6.06. The summed E-state index contributed by atoms with van der Waals surface area (Å²) in [6, 6.07) is 0.0302. The molecule has 1 aliphatic heterocycles. The van der Waals surface area contributed by atoms with Gasteiger partial charge in [-0.25, -0.2) is 12.7 Å². The highest BCUT2D eigenvalue weighted by atomic mass is 32.2. The van der Waals surface area contributed by atoms with Crippen LogP contribution in [0.4, 0.5) is 0 Å². The molecule has 5 nitrogen and oxygen atoms in total. The van der Waals surface area contributed by atoms with Gasteiger partial charge in [-0.15, -0.1) is 0 Å². The fourth-order valence-electron chi connectivity index (χ4n) is 4.99. The van der Waals surface area contributed by atoms with Crippen LogP contribution in [0.15, 0.2) is 0 Å². The number of amides is 1. The van der Waals surface area contributed by atoms with Crippen molar-refractivity contribution in [1.29, 1.82) is 0 Å². The zero-order valence-electron chi connectivity index (χ0n) is 16.6. The Bertz CT molecular complexity index is 565. The average Bonchev–Trinajstić information content (AvgIpc) is 2.52. The summed E-state index contributed by atoms with van der Waals surface area (Å²) in [6.07, 6.45) is 5.69. The van der Waals surface area contributed by atoms with Crippen LogP contribution in [0.2, 0.25) is 0 Å². The summed E-state index contributed by atoms with van der Waals surface area (Å²) >= 11 is 0. The summed E-state index contributed by atoms with van der Waals surface area (Å²) in [4.78, 5) is 14.7. The van der Waals surface area contributed by atoms with Crippen molar-refractivity contribution in [2.24, 2.45) is 17.3 Å². The van der Waals surface area contributed by atoms with Crippen molar-refractivity contribution in [3.63, 3.8) is 0 Å². The lowest BCUT2D eigenvalue weighted by atomic mass is 9.67. The highest BCUT2D eigenvalue weighted by Gasteiger charge is 2.35. The van der Waals surface area contributed by atoms with Gasteiger partial charge in [0.05, 0.1) is 5.75 Å². The van der Waals surface area contributed by atoms with Crippen molar-refractivity contribution in [3.05, 3.63) is 0 Å². The van der Waals surface area contributed by atoms with Crippen molar-refractivity contribution in [2.45, 2.75) is 72.3 Å². The minimum Gasteiger partial charge on any atom is -0.343 e. The molecule has 2 rings (SSSR count). The summed E-state index contributed by atoms with van der Waals surface area (Å²) in [5.74, 6) is 1.58. The molecular formula is C19H36N2O3S. The van der Waals surface area contributed by atoms with E-state index < -0.39 is 10.0 Å². The molecule has 2 atom stereocenters. The molecule has 0 radical (unpaired) electrons. The lowest BCUT2D eigenvalue weighted by molar-refractivity contribution is -0.134. The number of hydrogen-bond acceptors (Lipinski definition) is 3. The van der Waals surface area contributed by atoms with Crippen LogP contribution in [-0.2, 0) is 14.8 Å². The standard InChI is InChI=1S/C19H36N2O3S/c1-6-25(23,24)20(5)17-7-9-21(10-8-17)18(22)12-16-11-15(2)13-19(3,4)14-16/h15-17H,6-14H2,1-5H3. The van der Waals surface area contributed by atoms with Crippen molar-refractivity contribution < 1.29 is 13.2 Å². The molecule has 2 aliphatic rings. The molecule has 25 heavy (non-hydrogen) atoms. The Morgan fingerprint density at radius 3 is 2.32 bits per heavy atom. The molecule has 0 aromatic rings. The number of nitrogens with zero attached hydrogens (tertiary/aromatic N) is 2.